The van der Waals surface area contributed by atoms with Gasteiger partial charge in [0.15, 0.2) is 25.0 Å². The van der Waals surface area contributed by atoms with Crippen LogP contribution < -0.4 is 0 Å². The fraction of sp³-hybridized carbons (Fsp3) is 0.970. The van der Waals surface area contributed by atoms with Crippen molar-refractivity contribution in [2.75, 3.05) is 79.2 Å². The molecule has 0 saturated carbocycles. The molecule has 0 N–H and O–H groups in total. The molecule has 1 rings (SSSR count). The van der Waals surface area contributed by atoms with E-state index in [1.165, 1.54) is 116 Å². The van der Waals surface area contributed by atoms with Gasteiger partial charge in [-0.05, 0) is 120 Å². The molecule has 5 atom stereocenters. The molecule has 0 aromatic heterocycles. The third-order valence-corrected chi connectivity index (χ3v) is 32.8. The summed E-state index contributed by atoms with van der Waals surface area (Å²) in [5.41, 5.74) is 0. The van der Waals surface area contributed by atoms with Gasteiger partial charge in [0.25, 0.3) is 0 Å². The third kappa shape index (κ3) is 34.4. The van der Waals surface area contributed by atoms with Gasteiger partial charge in [0.2, 0.25) is 0 Å². The van der Waals surface area contributed by atoms with Gasteiger partial charge in [-0.3, -0.25) is 24.3 Å². The number of esters is 2. The first-order chi connectivity index (χ1) is 37.8. The Morgan fingerprint density at radius 1 is 0.457 bits per heavy atom. The molecule has 0 spiro atoms. The lowest BCUT2D eigenvalue weighted by Gasteiger charge is -2.44. The molecule has 14 heteroatoms. The van der Waals surface area contributed by atoms with Gasteiger partial charge < -0.3 is 27.7 Å². The van der Waals surface area contributed by atoms with Crippen LogP contribution in [0.4, 0.5) is 0 Å². The summed E-state index contributed by atoms with van der Waals surface area (Å²) < 4.78 is 33.4. The highest BCUT2D eigenvalue weighted by Crippen LogP contribution is 2.40. The zero-order chi connectivity index (χ0) is 61.3. The Labute approximate surface area is 507 Å². The largest absolute Gasteiger partial charge is 0.464 e. The minimum absolute atomic E-state index is 0.103. The van der Waals surface area contributed by atoms with Crippen LogP contribution in [0.3, 0.4) is 0 Å². The number of rotatable bonds is 47. The highest BCUT2D eigenvalue weighted by molar-refractivity contribution is 6.75. The maximum absolute atomic E-state index is 13.5. The van der Waals surface area contributed by atoms with E-state index in [2.05, 4.69) is 163 Å². The van der Waals surface area contributed by atoms with Crippen molar-refractivity contribution in [1.82, 2.24) is 19.6 Å². The molecule has 81 heavy (non-hydrogen) atoms. The molecule has 0 aromatic rings. The fourth-order valence-corrected chi connectivity index (χ4v) is 14.7. The standard InChI is InChI=1S/C67H140N4O7Si3/c1-22-25-28-31-34-37-42-60(76-79(16,17)65(6,7)8)55-68(15)47-40-45-63(72)74-51-49-70-53-59(5)71(54-58(70)4)50-52-75-64(73)46-41-48-69(56-61(43-38-35-32-29-26-23-2)77-80(18,19)66(9,10)11)57-62(44-39-36-33-30-27-24-3)78-81(20,21)67(12,13)14/h58-62H,22-57H2,1-21H3. The molecule has 1 aliphatic heterocycles. The van der Waals surface area contributed by atoms with Crippen LogP contribution >= 0.6 is 0 Å². The molecule has 0 aliphatic carbocycles. The average Bonchev–Trinajstić information content (AvgIpc) is 3.42. The Bertz CT molecular complexity index is 1570. The monoisotopic (exact) mass is 1200 g/mol. The maximum atomic E-state index is 13.5. The predicted molar refractivity (Wildman–Crippen MR) is 357 cm³/mol. The van der Waals surface area contributed by atoms with Crippen molar-refractivity contribution in [3.63, 3.8) is 0 Å². The van der Waals surface area contributed by atoms with Crippen molar-refractivity contribution in [2.45, 2.75) is 342 Å². The topological polar surface area (TPSA) is 93.3 Å². The van der Waals surface area contributed by atoms with Gasteiger partial charge in [0.1, 0.15) is 13.2 Å². The molecular weight excluding hydrogens is 1060 g/mol. The Morgan fingerprint density at radius 2 is 0.753 bits per heavy atom. The summed E-state index contributed by atoms with van der Waals surface area (Å²) in [5, 5.41) is 0.436. The van der Waals surface area contributed by atoms with Gasteiger partial charge in [-0.2, -0.15) is 0 Å². The lowest BCUT2D eigenvalue weighted by Crippen LogP contribution is -2.57. The second-order valence-electron chi connectivity index (χ2n) is 30.0. The molecule has 482 valence electrons. The summed E-state index contributed by atoms with van der Waals surface area (Å²) in [6.07, 6.45) is 29.3. The van der Waals surface area contributed by atoms with Crippen LogP contribution in [0, 0.1) is 0 Å². The molecule has 1 saturated heterocycles. The minimum Gasteiger partial charge on any atom is -0.464 e. The quantitative estimate of drug-likeness (QED) is 0.0331. The molecule has 1 aliphatic rings. The van der Waals surface area contributed by atoms with E-state index in [1.807, 2.05) is 0 Å². The molecule has 0 radical (unpaired) electrons. The first-order valence-corrected chi connectivity index (χ1v) is 42.7. The van der Waals surface area contributed by atoms with Gasteiger partial charge in [-0.1, -0.05) is 199 Å². The zero-order valence-electron chi connectivity index (χ0n) is 58.0. The van der Waals surface area contributed by atoms with Gasteiger partial charge in [0.05, 0.1) is 18.3 Å². The van der Waals surface area contributed by atoms with E-state index in [-0.39, 0.29) is 45.4 Å². The summed E-state index contributed by atoms with van der Waals surface area (Å²) >= 11 is 0. The number of likely N-dealkylation sites (N-methyl/N-ethyl adjacent to an activating group) is 1. The molecule has 0 aromatic carbocycles. The van der Waals surface area contributed by atoms with Gasteiger partial charge in [-0.25, -0.2) is 0 Å². The Morgan fingerprint density at radius 3 is 1.07 bits per heavy atom. The van der Waals surface area contributed by atoms with Crippen molar-refractivity contribution >= 4 is 36.9 Å². The second kappa shape index (κ2) is 40.7. The summed E-state index contributed by atoms with van der Waals surface area (Å²) in [4.78, 5) is 36.3. The third-order valence-electron chi connectivity index (χ3n) is 19.2. The summed E-state index contributed by atoms with van der Waals surface area (Å²) in [6.45, 7) is 55.2. The number of ether oxygens (including phenoxy) is 2. The second-order valence-corrected chi connectivity index (χ2v) is 44.3. The average molecular weight is 1200 g/mol. The molecular formula is C67H140N4O7Si3. The van der Waals surface area contributed by atoms with Gasteiger partial charge >= 0.3 is 11.9 Å². The number of unbranched alkanes of at least 4 members (excludes halogenated alkanes) is 15. The van der Waals surface area contributed by atoms with Crippen LogP contribution in [0.5, 0.6) is 0 Å². The van der Waals surface area contributed by atoms with Crippen LogP contribution in [0.25, 0.3) is 0 Å². The number of carbonyl (C=O) groups excluding carboxylic acids is 2. The van der Waals surface area contributed by atoms with Gasteiger partial charge in [0, 0.05) is 70.7 Å². The van der Waals surface area contributed by atoms with Crippen LogP contribution in [-0.2, 0) is 32.3 Å². The lowest BCUT2D eigenvalue weighted by atomic mass is 10.1. The summed E-state index contributed by atoms with van der Waals surface area (Å²) in [6, 6.07) is 0.616. The maximum Gasteiger partial charge on any atom is 0.305 e. The first-order valence-electron chi connectivity index (χ1n) is 34.0. The van der Waals surface area contributed by atoms with Crippen molar-refractivity contribution in [3.05, 3.63) is 0 Å². The van der Waals surface area contributed by atoms with E-state index in [0.717, 1.165) is 91.0 Å². The number of carbonyl (C=O) groups is 2. The van der Waals surface area contributed by atoms with Crippen molar-refractivity contribution in [1.29, 1.82) is 0 Å². The summed E-state index contributed by atoms with van der Waals surface area (Å²) in [7, 11) is -3.79. The van der Waals surface area contributed by atoms with Crippen molar-refractivity contribution in [2.24, 2.45) is 0 Å². The molecule has 11 nitrogen and oxygen atoms in total. The Hall–Kier alpha value is -0.689. The van der Waals surface area contributed by atoms with E-state index < -0.39 is 25.0 Å². The van der Waals surface area contributed by atoms with Crippen LogP contribution in [-0.4, -0.2) is 166 Å². The Kier molecular flexibility index (Phi) is 39.4. The van der Waals surface area contributed by atoms with E-state index in [4.69, 9.17) is 22.8 Å². The molecule has 1 heterocycles. The highest BCUT2D eigenvalue weighted by Gasteiger charge is 2.42. The normalized spacial score (nSPS) is 17.8. The zero-order valence-corrected chi connectivity index (χ0v) is 61.0. The Balaban J connectivity index is 2.87. The van der Waals surface area contributed by atoms with E-state index >= 15 is 0 Å². The van der Waals surface area contributed by atoms with Crippen molar-refractivity contribution in [3.8, 4) is 0 Å². The number of hydrogen-bond acceptors (Lipinski definition) is 11. The molecule has 5 unspecified atom stereocenters. The number of nitrogens with zero attached hydrogens (tertiary/aromatic N) is 4. The van der Waals surface area contributed by atoms with Crippen LogP contribution in [0.15, 0.2) is 0 Å². The molecule has 0 bridgehead atoms. The van der Waals surface area contributed by atoms with E-state index in [9.17, 15) is 9.59 Å². The molecule has 0 amide bonds. The van der Waals surface area contributed by atoms with E-state index in [1.54, 1.807) is 0 Å². The minimum atomic E-state index is -2.04. The predicted octanol–water partition coefficient (Wildman–Crippen LogP) is 17.7. The summed E-state index contributed by atoms with van der Waals surface area (Å²) in [5.74, 6) is -0.210. The van der Waals surface area contributed by atoms with Gasteiger partial charge in [-0.15, -0.1) is 0 Å². The molecule has 1 fully saturated rings. The first kappa shape index (κ1) is 78.3. The highest BCUT2D eigenvalue weighted by atomic mass is 28.4. The van der Waals surface area contributed by atoms with Crippen LogP contribution in [0.2, 0.25) is 54.4 Å². The number of hydrogen-bond donors (Lipinski definition) is 0. The number of piperazine rings is 1. The SMILES string of the molecule is CCCCCCCCC(CN(C)CCCC(=O)OCCN1CC(C)N(CCOC(=O)CCCN(CC(CCCCCCCC)O[Si](C)(C)C(C)(C)C)CC(CCCCCCCC)O[Si](C)(C)C(C)(C)C)CC1C)O[Si](C)(C)C(C)(C)C. The van der Waals surface area contributed by atoms with Crippen molar-refractivity contribution < 1.29 is 32.3 Å². The van der Waals surface area contributed by atoms with E-state index in [0.29, 0.717) is 38.1 Å². The lowest BCUT2D eigenvalue weighted by molar-refractivity contribution is -0.146. The fourth-order valence-electron chi connectivity index (χ4n) is 10.6. The van der Waals surface area contributed by atoms with Crippen LogP contribution in [0.1, 0.15) is 257 Å². The smallest absolute Gasteiger partial charge is 0.305 e.